The molecular formula is C31H45Cl2FeN3. The molecule has 2 aromatic carbocycles. The number of halogens is 2. The minimum atomic E-state index is -0.0321. The summed E-state index contributed by atoms with van der Waals surface area (Å²) in [5, 5.41) is 0. The van der Waals surface area contributed by atoms with Crippen molar-refractivity contribution >= 4 is 49.2 Å². The molecule has 0 aliphatic carbocycles. The first kappa shape index (κ1) is 33.6. The molecule has 0 N–H and O–H groups in total. The second-order valence-corrected chi connectivity index (χ2v) is 12.5. The summed E-state index contributed by atoms with van der Waals surface area (Å²) in [7, 11) is 9.53. The quantitative estimate of drug-likeness (QED) is 0.207. The zero-order valence-corrected chi connectivity index (χ0v) is 27.0. The summed E-state index contributed by atoms with van der Waals surface area (Å²) in [6.07, 6.45) is 1.98. The topological polar surface area (TPSA) is 37.1 Å². The molecule has 0 radical (unpaired) electrons. The number of para-hydroxylation sites is 2. The normalized spacial score (nSPS) is 13.8. The van der Waals surface area contributed by atoms with Crippen molar-refractivity contribution in [3.8, 4) is 0 Å². The van der Waals surface area contributed by atoms with Gasteiger partial charge in [-0.25, -0.2) is 0 Å². The van der Waals surface area contributed by atoms with Gasteiger partial charge in [-0.15, -0.1) is 0 Å². The molecule has 37 heavy (non-hydrogen) atoms. The van der Waals surface area contributed by atoms with E-state index in [-0.39, 0.29) is 19.2 Å². The van der Waals surface area contributed by atoms with Gasteiger partial charge in [0.25, 0.3) is 0 Å². The molecule has 0 heterocycles. The third-order valence-electron chi connectivity index (χ3n) is 6.30. The molecule has 6 heteroatoms. The maximum atomic E-state index is 5.09. The predicted octanol–water partition coefficient (Wildman–Crippen LogP) is 10.9. The Balaban J connectivity index is 0.00000217. The first-order valence-corrected chi connectivity index (χ1v) is 16.1. The van der Waals surface area contributed by atoms with Crippen molar-refractivity contribution in [2.75, 3.05) is 0 Å². The standard InChI is InChI=1S/C31H45N3.2ClH.Fe/c1-19(2)26-14-12-15-27(20(3)4)30(26)32-18-23(9)33-24(10)25(11)34-31-28(21(5)6)16-13-17-29(31)22(7)8;;;/h12-23H,1-11H3;2*1H;/q;;;+2/p-2. The zero-order valence-electron chi connectivity index (χ0n) is 24.4. The third-order valence-corrected chi connectivity index (χ3v) is 6.30. The van der Waals surface area contributed by atoms with E-state index in [1.54, 1.807) is 0 Å². The Bertz CT molecular complexity index is 1030. The molecule has 0 aliphatic heterocycles. The number of rotatable bonds is 9. The molecule has 0 bridgehead atoms. The van der Waals surface area contributed by atoms with E-state index in [9.17, 15) is 0 Å². The van der Waals surface area contributed by atoms with Crippen LogP contribution < -0.4 is 0 Å². The minimum absolute atomic E-state index is 0.0321. The van der Waals surface area contributed by atoms with Crippen LogP contribution in [-0.4, -0.2) is 23.7 Å². The maximum absolute atomic E-state index is 5.09. The fourth-order valence-corrected chi connectivity index (χ4v) is 4.16. The molecule has 1 unspecified atom stereocenters. The molecule has 3 nitrogen and oxygen atoms in total. The summed E-state index contributed by atoms with van der Waals surface area (Å²) >= 11 is 0.194. The van der Waals surface area contributed by atoms with Gasteiger partial charge >= 0.3 is 33.3 Å². The second-order valence-electron chi connectivity index (χ2n) is 10.7. The average molecular weight is 586 g/mol. The summed E-state index contributed by atoms with van der Waals surface area (Å²) in [5.41, 5.74) is 9.28. The van der Waals surface area contributed by atoms with Crippen LogP contribution in [0.5, 0.6) is 0 Å². The molecule has 0 fully saturated rings. The molecule has 0 saturated carbocycles. The number of nitrogens with zero attached hydrogens (tertiary/aromatic N) is 3. The van der Waals surface area contributed by atoms with Crippen LogP contribution in [0.2, 0.25) is 0 Å². The molecule has 1 atom stereocenters. The van der Waals surface area contributed by atoms with Gasteiger partial charge in [-0.2, -0.15) is 0 Å². The van der Waals surface area contributed by atoms with E-state index in [4.69, 9.17) is 35.2 Å². The van der Waals surface area contributed by atoms with E-state index in [1.165, 1.54) is 22.3 Å². The molecule has 0 amide bonds. The van der Waals surface area contributed by atoms with Crippen molar-refractivity contribution in [3.63, 3.8) is 0 Å². The van der Waals surface area contributed by atoms with E-state index in [1.807, 2.05) is 6.21 Å². The van der Waals surface area contributed by atoms with Gasteiger partial charge < -0.3 is 0 Å². The van der Waals surface area contributed by atoms with E-state index in [0.29, 0.717) is 23.7 Å². The van der Waals surface area contributed by atoms with Crippen LogP contribution in [-0.2, 0) is 13.1 Å². The van der Waals surface area contributed by atoms with Crippen LogP contribution in [0.4, 0.5) is 11.4 Å². The van der Waals surface area contributed by atoms with Gasteiger partial charge in [0.05, 0.1) is 28.8 Å². The SMILES string of the molecule is CC(=Nc1c(C(C)C)cccc1C(C)C)C(C)=NC(C)C=Nc1c(C(C)C)cccc1C(C)C.[Cl][Fe][Cl]. The van der Waals surface area contributed by atoms with Crippen molar-refractivity contribution in [2.24, 2.45) is 15.0 Å². The van der Waals surface area contributed by atoms with Gasteiger partial charge in [-0.3, -0.25) is 15.0 Å². The Labute approximate surface area is 240 Å². The molecular weight excluding hydrogens is 541 g/mol. The van der Waals surface area contributed by atoms with Gasteiger partial charge in [0.15, 0.2) is 0 Å². The van der Waals surface area contributed by atoms with Gasteiger partial charge in [0.2, 0.25) is 0 Å². The molecule has 0 aliphatic rings. The summed E-state index contributed by atoms with van der Waals surface area (Å²) in [4.78, 5) is 15.0. The number of hydrogen-bond acceptors (Lipinski definition) is 3. The third kappa shape index (κ3) is 10.3. The van der Waals surface area contributed by atoms with E-state index in [2.05, 4.69) is 113 Å². The summed E-state index contributed by atoms with van der Waals surface area (Å²) < 4.78 is 0. The van der Waals surface area contributed by atoms with Crippen LogP contribution in [0, 0.1) is 0 Å². The Morgan fingerprint density at radius 1 is 0.649 bits per heavy atom. The fourth-order valence-electron chi connectivity index (χ4n) is 4.16. The molecule has 0 aromatic heterocycles. The summed E-state index contributed by atoms with van der Waals surface area (Å²) in [5.74, 6) is 1.70. The molecule has 206 valence electrons. The Hall–Kier alpha value is -1.45. The van der Waals surface area contributed by atoms with Crippen molar-refractivity contribution in [3.05, 3.63) is 58.7 Å². The predicted molar refractivity (Wildman–Crippen MR) is 164 cm³/mol. The summed E-state index contributed by atoms with van der Waals surface area (Å²) in [6.45, 7) is 24.0. The average Bonchev–Trinajstić information content (AvgIpc) is 2.82. The monoisotopic (exact) mass is 585 g/mol. The van der Waals surface area contributed by atoms with Gasteiger partial charge in [-0.05, 0) is 66.7 Å². The Kier molecular flexibility index (Phi) is 15.0. The molecule has 0 saturated heterocycles. The van der Waals surface area contributed by atoms with Crippen LogP contribution in [0.3, 0.4) is 0 Å². The Morgan fingerprint density at radius 3 is 1.35 bits per heavy atom. The van der Waals surface area contributed by atoms with Gasteiger partial charge in [0, 0.05) is 6.21 Å². The van der Waals surface area contributed by atoms with E-state index >= 15 is 0 Å². The number of aliphatic imine (C=N–C) groups is 3. The van der Waals surface area contributed by atoms with Crippen LogP contribution in [0.15, 0.2) is 51.4 Å². The molecule has 2 rings (SSSR count). The van der Waals surface area contributed by atoms with Crippen LogP contribution >= 0.6 is 20.2 Å². The second kappa shape index (κ2) is 16.5. The molecule has 0 spiro atoms. The van der Waals surface area contributed by atoms with Gasteiger partial charge in [0.1, 0.15) is 0 Å². The molecule has 2 aromatic rings. The first-order valence-electron chi connectivity index (χ1n) is 13.1. The van der Waals surface area contributed by atoms with Crippen molar-refractivity contribution in [1.29, 1.82) is 0 Å². The summed E-state index contributed by atoms with van der Waals surface area (Å²) in [6, 6.07) is 13.0. The van der Waals surface area contributed by atoms with Crippen LogP contribution in [0.25, 0.3) is 0 Å². The fraction of sp³-hybridized carbons (Fsp3) is 0.516. The Morgan fingerprint density at radius 2 is 1.00 bits per heavy atom. The number of benzene rings is 2. The first-order chi connectivity index (χ1) is 17.3. The van der Waals surface area contributed by atoms with Crippen LogP contribution in [0.1, 0.15) is 122 Å². The van der Waals surface area contributed by atoms with Crippen molar-refractivity contribution < 1.29 is 13.1 Å². The van der Waals surface area contributed by atoms with Crippen molar-refractivity contribution in [1.82, 2.24) is 0 Å². The van der Waals surface area contributed by atoms with Crippen molar-refractivity contribution in [2.45, 2.75) is 106 Å². The van der Waals surface area contributed by atoms with E-state index < -0.39 is 0 Å². The number of hydrogen-bond donors (Lipinski definition) is 0. The zero-order chi connectivity index (χ0) is 28.3. The van der Waals surface area contributed by atoms with Gasteiger partial charge in [-0.1, -0.05) is 91.8 Å². The van der Waals surface area contributed by atoms with E-state index in [0.717, 1.165) is 22.8 Å².